The molecule has 112 valence electrons. The molecular weight excluding hydrogens is 286 g/mol. The van der Waals surface area contributed by atoms with Crippen molar-refractivity contribution in [2.75, 3.05) is 12.3 Å². The van der Waals surface area contributed by atoms with E-state index in [1.54, 1.807) is 34.6 Å². The summed E-state index contributed by atoms with van der Waals surface area (Å²) in [7, 11) is -3.47. The molecule has 0 atom stereocenters. The SMILES string of the molecule is CC1(C)CCCN1S(=O)(=O)c1ccc2nc(N)ccc2c1. The first kappa shape index (κ1) is 14.3. The minimum absolute atomic E-state index is 0.316. The minimum Gasteiger partial charge on any atom is -0.384 e. The molecule has 6 heteroatoms. The molecule has 1 saturated heterocycles. The Labute approximate surface area is 124 Å². The first-order valence-corrected chi connectivity index (χ1v) is 8.44. The van der Waals surface area contributed by atoms with Gasteiger partial charge >= 0.3 is 0 Å². The van der Waals surface area contributed by atoms with Gasteiger partial charge in [-0.05, 0) is 57.0 Å². The highest BCUT2D eigenvalue weighted by molar-refractivity contribution is 7.89. The maximum Gasteiger partial charge on any atom is 0.243 e. The second kappa shape index (κ2) is 4.68. The summed E-state index contributed by atoms with van der Waals surface area (Å²) < 4.78 is 27.3. The van der Waals surface area contributed by atoms with E-state index in [1.807, 2.05) is 13.8 Å². The van der Waals surface area contributed by atoms with Crippen LogP contribution in [0.5, 0.6) is 0 Å². The standard InChI is InChI=1S/C15H19N3O2S/c1-15(2)8-3-9-18(15)21(19,20)12-5-6-13-11(10-12)4-7-14(16)17-13/h4-7,10H,3,8-9H2,1-2H3,(H2,16,17). The fourth-order valence-electron chi connectivity index (χ4n) is 2.94. The van der Waals surface area contributed by atoms with Crippen molar-refractivity contribution in [2.24, 2.45) is 0 Å². The van der Waals surface area contributed by atoms with E-state index in [-0.39, 0.29) is 5.54 Å². The number of sulfonamides is 1. The minimum atomic E-state index is -3.47. The molecule has 2 aromatic rings. The summed E-state index contributed by atoms with van der Waals surface area (Å²) in [5.41, 5.74) is 6.02. The zero-order chi connectivity index (χ0) is 15.3. The van der Waals surface area contributed by atoms with Crippen molar-refractivity contribution in [1.29, 1.82) is 0 Å². The third-order valence-electron chi connectivity index (χ3n) is 4.10. The topological polar surface area (TPSA) is 76.3 Å². The van der Waals surface area contributed by atoms with Gasteiger partial charge in [-0.3, -0.25) is 0 Å². The van der Waals surface area contributed by atoms with Crippen LogP contribution in [0, 0.1) is 0 Å². The summed E-state index contributed by atoms with van der Waals surface area (Å²) in [6.45, 7) is 4.52. The summed E-state index contributed by atoms with van der Waals surface area (Å²) in [4.78, 5) is 4.51. The third-order valence-corrected chi connectivity index (χ3v) is 6.20. The predicted molar refractivity (Wildman–Crippen MR) is 83.4 cm³/mol. The molecule has 0 saturated carbocycles. The molecule has 0 spiro atoms. The van der Waals surface area contributed by atoms with E-state index < -0.39 is 10.0 Å². The van der Waals surface area contributed by atoms with Gasteiger partial charge in [0.25, 0.3) is 0 Å². The highest BCUT2D eigenvalue weighted by Gasteiger charge is 2.40. The maximum absolute atomic E-state index is 12.8. The normalized spacial score (nSPS) is 19.1. The van der Waals surface area contributed by atoms with Gasteiger partial charge in [-0.2, -0.15) is 4.31 Å². The zero-order valence-corrected chi connectivity index (χ0v) is 13.0. The van der Waals surface area contributed by atoms with Crippen LogP contribution in [0.4, 0.5) is 5.82 Å². The van der Waals surface area contributed by atoms with Crippen LogP contribution < -0.4 is 5.73 Å². The molecule has 2 N–H and O–H groups in total. The van der Waals surface area contributed by atoms with E-state index in [0.29, 0.717) is 22.8 Å². The van der Waals surface area contributed by atoms with E-state index in [1.165, 1.54) is 0 Å². The van der Waals surface area contributed by atoms with Gasteiger partial charge in [0.1, 0.15) is 5.82 Å². The van der Waals surface area contributed by atoms with E-state index in [2.05, 4.69) is 4.98 Å². The van der Waals surface area contributed by atoms with E-state index in [0.717, 1.165) is 18.2 Å². The van der Waals surface area contributed by atoms with Crippen molar-refractivity contribution >= 4 is 26.7 Å². The van der Waals surface area contributed by atoms with Crippen LogP contribution in [0.3, 0.4) is 0 Å². The number of benzene rings is 1. The second-order valence-electron chi connectivity index (χ2n) is 6.08. The average molecular weight is 305 g/mol. The Morgan fingerprint density at radius 1 is 1.24 bits per heavy atom. The molecule has 1 aromatic heterocycles. The van der Waals surface area contributed by atoms with Gasteiger partial charge in [-0.15, -0.1) is 0 Å². The molecular formula is C15H19N3O2S. The van der Waals surface area contributed by atoms with Gasteiger partial charge in [0.2, 0.25) is 10.0 Å². The van der Waals surface area contributed by atoms with E-state index in [4.69, 9.17) is 5.73 Å². The number of aromatic nitrogens is 1. The Morgan fingerprint density at radius 2 is 2.00 bits per heavy atom. The Hall–Kier alpha value is -1.66. The van der Waals surface area contributed by atoms with Crippen molar-refractivity contribution < 1.29 is 8.42 Å². The summed E-state index contributed by atoms with van der Waals surface area (Å²) in [6, 6.07) is 8.47. The summed E-state index contributed by atoms with van der Waals surface area (Å²) in [5, 5.41) is 0.780. The monoisotopic (exact) mass is 305 g/mol. The lowest BCUT2D eigenvalue weighted by molar-refractivity contribution is 0.292. The van der Waals surface area contributed by atoms with Gasteiger partial charge < -0.3 is 5.73 Å². The molecule has 0 amide bonds. The van der Waals surface area contributed by atoms with Gasteiger partial charge in [-0.1, -0.05) is 0 Å². The summed E-state index contributed by atoms with van der Waals surface area (Å²) in [6.07, 6.45) is 1.79. The number of anilines is 1. The Morgan fingerprint density at radius 3 is 2.67 bits per heavy atom. The number of nitrogen functional groups attached to an aromatic ring is 1. The van der Waals surface area contributed by atoms with Crippen LogP contribution in [0.1, 0.15) is 26.7 Å². The molecule has 0 bridgehead atoms. The molecule has 1 fully saturated rings. The number of hydrogen-bond acceptors (Lipinski definition) is 4. The number of rotatable bonds is 2. The quantitative estimate of drug-likeness (QED) is 0.924. The smallest absolute Gasteiger partial charge is 0.243 e. The van der Waals surface area contributed by atoms with Crippen LogP contribution in [0.2, 0.25) is 0 Å². The number of nitrogens with two attached hydrogens (primary N) is 1. The van der Waals surface area contributed by atoms with Gasteiger partial charge in [0.15, 0.2) is 0 Å². The molecule has 5 nitrogen and oxygen atoms in total. The van der Waals surface area contributed by atoms with Crippen LogP contribution in [0.25, 0.3) is 10.9 Å². The zero-order valence-electron chi connectivity index (χ0n) is 12.2. The predicted octanol–water partition coefficient (Wildman–Crippen LogP) is 2.38. The second-order valence-corrected chi connectivity index (χ2v) is 7.95. The van der Waals surface area contributed by atoms with Crippen LogP contribution in [-0.4, -0.2) is 29.8 Å². The first-order chi connectivity index (χ1) is 9.80. The van der Waals surface area contributed by atoms with Crippen molar-refractivity contribution in [3.8, 4) is 0 Å². The summed E-state index contributed by atoms with van der Waals surface area (Å²) >= 11 is 0. The van der Waals surface area contributed by atoms with E-state index >= 15 is 0 Å². The molecule has 0 radical (unpaired) electrons. The van der Waals surface area contributed by atoms with Gasteiger partial charge in [0.05, 0.1) is 10.4 Å². The molecule has 21 heavy (non-hydrogen) atoms. The highest BCUT2D eigenvalue weighted by atomic mass is 32.2. The molecule has 1 aliphatic heterocycles. The van der Waals surface area contributed by atoms with Crippen molar-refractivity contribution in [1.82, 2.24) is 9.29 Å². The highest BCUT2D eigenvalue weighted by Crippen LogP contribution is 2.34. The van der Waals surface area contributed by atoms with E-state index in [9.17, 15) is 8.42 Å². The van der Waals surface area contributed by atoms with Crippen LogP contribution >= 0.6 is 0 Å². The molecule has 2 heterocycles. The Kier molecular flexibility index (Phi) is 3.18. The largest absolute Gasteiger partial charge is 0.384 e. The summed E-state index contributed by atoms with van der Waals surface area (Å²) in [5.74, 6) is 0.429. The maximum atomic E-state index is 12.8. The molecule has 3 rings (SSSR count). The van der Waals surface area contributed by atoms with Crippen LogP contribution in [0.15, 0.2) is 35.2 Å². The van der Waals surface area contributed by atoms with Gasteiger partial charge in [0, 0.05) is 17.5 Å². The lowest BCUT2D eigenvalue weighted by Crippen LogP contribution is -2.42. The van der Waals surface area contributed by atoms with Crippen molar-refractivity contribution in [3.05, 3.63) is 30.3 Å². The molecule has 1 aliphatic rings. The van der Waals surface area contributed by atoms with Crippen molar-refractivity contribution in [3.63, 3.8) is 0 Å². The molecule has 0 unspecified atom stereocenters. The lowest BCUT2D eigenvalue weighted by atomic mass is 10.0. The number of nitrogens with zero attached hydrogens (tertiary/aromatic N) is 2. The van der Waals surface area contributed by atoms with Crippen molar-refractivity contribution in [2.45, 2.75) is 37.1 Å². The molecule has 1 aromatic carbocycles. The Bertz CT molecular complexity index is 800. The number of pyridine rings is 1. The number of fused-ring (bicyclic) bond motifs is 1. The fourth-order valence-corrected chi connectivity index (χ4v) is 4.82. The average Bonchev–Trinajstić information content (AvgIpc) is 2.78. The van der Waals surface area contributed by atoms with Crippen LogP contribution in [-0.2, 0) is 10.0 Å². The number of hydrogen-bond donors (Lipinski definition) is 1. The fraction of sp³-hybridized carbons (Fsp3) is 0.400. The van der Waals surface area contributed by atoms with Gasteiger partial charge in [-0.25, -0.2) is 13.4 Å². The third kappa shape index (κ3) is 2.38. The lowest BCUT2D eigenvalue weighted by Gasteiger charge is -2.30. The Balaban J connectivity index is 2.09. The molecule has 0 aliphatic carbocycles. The first-order valence-electron chi connectivity index (χ1n) is 7.00.